The first kappa shape index (κ1) is 19.5. The zero-order valence-corrected chi connectivity index (χ0v) is 17.2. The summed E-state index contributed by atoms with van der Waals surface area (Å²) in [4.78, 5) is 9.50. The molecule has 2 saturated heterocycles. The first-order valence-corrected chi connectivity index (χ1v) is 10.6. The van der Waals surface area contributed by atoms with Crippen molar-refractivity contribution in [1.29, 1.82) is 0 Å². The lowest BCUT2D eigenvalue weighted by Crippen LogP contribution is -2.37. The highest BCUT2D eigenvalue weighted by Gasteiger charge is 2.26. The van der Waals surface area contributed by atoms with E-state index in [-0.39, 0.29) is 0 Å². The molecule has 0 radical (unpaired) electrons. The van der Waals surface area contributed by atoms with Gasteiger partial charge in [0.1, 0.15) is 12.2 Å². The Morgan fingerprint density at radius 1 is 1.18 bits per heavy atom. The Kier molecular flexibility index (Phi) is 6.39. The predicted octanol–water partition coefficient (Wildman–Crippen LogP) is 1.87. The van der Waals surface area contributed by atoms with Gasteiger partial charge < -0.3 is 4.74 Å². The van der Waals surface area contributed by atoms with Gasteiger partial charge in [0, 0.05) is 49.9 Å². The number of hydrogen-bond acceptors (Lipinski definition) is 6. The lowest BCUT2D eigenvalue weighted by molar-refractivity contribution is 0.0339. The summed E-state index contributed by atoms with van der Waals surface area (Å²) in [6.07, 6.45) is 6.13. The minimum atomic E-state index is 0.508. The molecule has 2 aromatic rings. The quantitative estimate of drug-likeness (QED) is 0.782. The summed E-state index contributed by atoms with van der Waals surface area (Å²) in [6.45, 7) is 13.1. The molecular formula is C20H33N7O. The van der Waals surface area contributed by atoms with Crippen LogP contribution in [-0.4, -0.2) is 74.2 Å². The first-order chi connectivity index (χ1) is 13.7. The first-order valence-electron chi connectivity index (χ1n) is 10.6. The highest BCUT2D eigenvalue weighted by molar-refractivity contribution is 5.21. The van der Waals surface area contributed by atoms with Crippen LogP contribution in [0.3, 0.4) is 0 Å². The number of morpholine rings is 1. The molecule has 2 aromatic heterocycles. The summed E-state index contributed by atoms with van der Waals surface area (Å²) in [5.41, 5.74) is 2.66. The third-order valence-corrected chi connectivity index (χ3v) is 5.76. The van der Waals surface area contributed by atoms with Crippen molar-refractivity contribution >= 4 is 0 Å². The van der Waals surface area contributed by atoms with E-state index in [0.717, 1.165) is 64.9 Å². The number of likely N-dealkylation sites (tertiary alicyclic amines) is 1. The van der Waals surface area contributed by atoms with E-state index in [9.17, 15) is 0 Å². The number of piperidine rings is 1. The Balaban J connectivity index is 1.39. The van der Waals surface area contributed by atoms with Crippen LogP contribution >= 0.6 is 0 Å². The van der Waals surface area contributed by atoms with Gasteiger partial charge in [-0.3, -0.25) is 14.9 Å². The molecule has 2 fully saturated rings. The van der Waals surface area contributed by atoms with Crippen LogP contribution < -0.4 is 0 Å². The van der Waals surface area contributed by atoms with Gasteiger partial charge in [-0.1, -0.05) is 13.8 Å². The molecule has 8 heteroatoms. The van der Waals surface area contributed by atoms with Crippen LogP contribution in [0.25, 0.3) is 0 Å². The summed E-state index contributed by atoms with van der Waals surface area (Å²) in [5.74, 6) is 2.16. The Morgan fingerprint density at radius 3 is 2.86 bits per heavy atom. The SMILES string of the molecule is CC(C)Cn1ncnc1CN1CCC[C@@H](c2[nH]ncc2CN2CCOCC2)C1. The van der Waals surface area contributed by atoms with Crippen molar-refractivity contribution in [1.82, 2.24) is 34.8 Å². The zero-order valence-electron chi connectivity index (χ0n) is 17.2. The van der Waals surface area contributed by atoms with E-state index >= 15 is 0 Å². The standard InChI is InChI=1S/C20H33N7O/c1-16(2)11-27-19(21-15-23-27)14-26-5-3-4-17(12-26)20-18(10-22-24-20)13-25-6-8-28-9-7-25/h10,15-17H,3-9,11-14H2,1-2H3,(H,22,24)/t17-/m1/s1. The van der Waals surface area contributed by atoms with Gasteiger partial charge >= 0.3 is 0 Å². The lowest BCUT2D eigenvalue weighted by Gasteiger charge is -2.33. The highest BCUT2D eigenvalue weighted by atomic mass is 16.5. The van der Waals surface area contributed by atoms with Gasteiger partial charge in [-0.2, -0.15) is 10.2 Å². The van der Waals surface area contributed by atoms with E-state index in [1.807, 2.05) is 6.20 Å². The second-order valence-electron chi connectivity index (χ2n) is 8.52. The maximum absolute atomic E-state index is 5.48. The number of ether oxygens (including phenoxy) is 1. The molecule has 0 saturated carbocycles. The number of nitrogens with one attached hydrogen (secondary N) is 1. The molecule has 1 N–H and O–H groups in total. The zero-order chi connectivity index (χ0) is 19.3. The molecule has 0 aliphatic carbocycles. The summed E-state index contributed by atoms with van der Waals surface area (Å²) < 4.78 is 7.54. The van der Waals surface area contributed by atoms with E-state index < -0.39 is 0 Å². The maximum Gasteiger partial charge on any atom is 0.141 e. The second kappa shape index (κ2) is 9.15. The molecule has 0 amide bonds. The topological polar surface area (TPSA) is 75.1 Å². The van der Waals surface area contributed by atoms with Crippen LogP contribution in [0.1, 0.15) is 49.7 Å². The van der Waals surface area contributed by atoms with E-state index in [4.69, 9.17) is 4.74 Å². The maximum atomic E-state index is 5.48. The molecule has 0 unspecified atom stereocenters. The van der Waals surface area contributed by atoms with E-state index in [1.54, 1.807) is 6.33 Å². The number of aromatic nitrogens is 5. The van der Waals surface area contributed by atoms with E-state index in [1.165, 1.54) is 24.1 Å². The van der Waals surface area contributed by atoms with Crippen LogP contribution in [0.4, 0.5) is 0 Å². The van der Waals surface area contributed by atoms with Gasteiger partial charge in [0.2, 0.25) is 0 Å². The van der Waals surface area contributed by atoms with Gasteiger partial charge in [0.25, 0.3) is 0 Å². The molecular weight excluding hydrogens is 354 g/mol. The molecule has 0 bridgehead atoms. The van der Waals surface area contributed by atoms with Crippen LogP contribution in [0, 0.1) is 5.92 Å². The average Bonchev–Trinajstić information content (AvgIpc) is 3.32. The van der Waals surface area contributed by atoms with Gasteiger partial charge in [0.15, 0.2) is 0 Å². The summed E-state index contributed by atoms with van der Waals surface area (Å²) in [6, 6.07) is 0. The van der Waals surface area contributed by atoms with Gasteiger partial charge in [-0.05, 0) is 25.3 Å². The minimum absolute atomic E-state index is 0.508. The number of H-pyrrole nitrogens is 1. The fourth-order valence-electron chi connectivity index (χ4n) is 4.34. The summed E-state index contributed by atoms with van der Waals surface area (Å²) in [5, 5.41) is 12.1. The second-order valence-corrected chi connectivity index (χ2v) is 8.52. The van der Waals surface area contributed by atoms with Gasteiger partial charge in [-0.25, -0.2) is 9.67 Å². The monoisotopic (exact) mass is 387 g/mol. The van der Waals surface area contributed by atoms with Gasteiger partial charge in [0.05, 0.1) is 26.0 Å². The largest absolute Gasteiger partial charge is 0.379 e. The predicted molar refractivity (Wildman–Crippen MR) is 107 cm³/mol. The van der Waals surface area contributed by atoms with Crippen molar-refractivity contribution < 1.29 is 4.74 Å². The average molecular weight is 388 g/mol. The molecule has 0 aromatic carbocycles. The molecule has 8 nitrogen and oxygen atoms in total. The Labute approximate surface area is 167 Å². The Hall–Kier alpha value is -1.77. The van der Waals surface area contributed by atoms with Crippen LogP contribution in [0.2, 0.25) is 0 Å². The molecule has 2 aliphatic heterocycles. The van der Waals surface area contributed by atoms with Crippen molar-refractivity contribution in [2.75, 3.05) is 39.4 Å². The number of nitrogens with zero attached hydrogens (tertiary/aromatic N) is 6. The smallest absolute Gasteiger partial charge is 0.141 e. The summed E-state index contributed by atoms with van der Waals surface area (Å²) in [7, 11) is 0. The van der Waals surface area contributed by atoms with Crippen molar-refractivity contribution in [2.24, 2.45) is 5.92 Å². The van der Waals surface area contributed by atoms with Gasteiger partial charge in [-0.15, -0.1) is 0 Å². The molecule has 4 heterocycles. The normalized spacial score (nSPS) is 22.2. The Morgan fingerprint density at radius 2 is 2.04 bits per heavy atom. The van der Waals surface area contributed by atoms with Crippen LogP contribution in [-0.2, 0) is 24.4 Å². The fourth-order valence-corrected chi connectivity index (χ4v) is 4.34. The summed E-state index contributed by atoms with van der Waals surface area (Å²) >= 11 is 0. The number of hydrogen-bond donors (Lipinski definition) is 1. The molecule has 2 aliphatic rings. The van der Waals surface area contributed by atoms with Crippen molar-refractivity contribution in [3.63, 3.8) is 0 Å². The third kappa shape index (κ3) is 4.79. The third-order valence-electron chi connectivity index (χ3n) is 5.76. The Bertz CT molecular complexity index is 734. The number of rotatable bonds is 7. The molecule has 0 spiro atoms. The molecule has 4 rings (SSSR count). The fraction of sp³-hybridized carbons (Fsp3) is 0.750. The van der Waals surface area contributed by atoms with Crippen LogP contribution in [0.5, 0.6) is 0 Å². The van der Waals surface area contributed by atoms with Crippen molar-refractivity contribution in [3.05, 3.63) is 29.6 Å². The van der Waals surface area contributed by atoms with Crippen molar-refractivity contribution in [2.45, 2.75) is 52.2 Å². The highest BCUT2D eigenvalue weighted by Crippen LogP contribution is 2.29. The molecule has 1 atom stereocenters. The molecule has 28 heavy (non-hydrogen) atoms. The number of aromatic amines is 1. The van der Waals surface area contributed by atoms with Crippen molar-refractivity contribution in [3.8, 4) is 0 Å². The molecule has 154 valence electrons. The van der Waals surface area contributed by atoms with E-state index in [2.05, 4.69) is 48.6 Å². The van der Waals surface area contributed by atoms with Crippen LogP contribution in [0.15, 0.2) is 12.5 Å². The van der Waals surface area contributed by atoms with E-state index in [0.29, 0.717) is 11.8 Å². The lowest BCUT2D eigenvalue weighted by atomic mass is 9.92. The minimum Gasteiger partial charge on any atom is -0.379 e.